The van der Waals surface area contributed by atoms with Gasteiger partial charge in [0.05, 0.1) is 6.42 Å². The van der Waals surface area contributed by atoms with Gasteiger partial charge in [-0.1, -0.05) is 17.3 Å². The fraction of sp³-hybridized carbons (Fsp3) is 0.167. The zero-order valence-corrected chi connectivity index (χ0v) is 13.4. The van der Waals surface area contributed by atoms with Crippen molar-refractivity contribution in [3.63, 3.8) is 0 Å². The average Bonchev–Trinajstić information content (AvgIpc) is 3.05. The molecule has 0 saturated heterocycles. The van der Waals surface area contributed by atoms with Crippen LogP contribution in [0.5, 0.6) is 0 Å². The Morgan fingerprint density at radius 3 is 2.64 bits per heavy atom. The molecule has 5 nitrogen and oxygen atoms in total. The monoisotopic (exact) mass is 343 g/mol. The Labute approximate surface area is 142 Å². The Balaban J connectivity index is 1.64. The zero-order chi connectivity index (χ0) is 17.8. The molecule has 1 atom stereocenters. The quantitative estimate of drug-likeness (QED) is 0.771. The number of benzene rings is 2. The molecule has 128 valence electrons. The average molecular weight is 343 g/mol. The van der Waals surface area contributed by atoms with E-state index in [9.17, 15) is 13.6 Å². The topological polar surface area (TPSA) is 68.0 Å². The summed E-state index contributed by atoms with van der Waals surface area (Å²) in [4.78, 5) is 16.3. The molecule has 1 N–H and O–H groups in total. The molecule has 0 aliphatic rings. The molecule has 0 spiro atoms. The predicted molar refractivity (Wildman–Crippen MR) is 86.4 cm³/mol. The molecule has 0 saturated carbocycles. The van der Waals surface area contributed by atoms with Crippen LogP contribution in [-0.4, -0.2) is 16.0 Å². The smallest absolute Gasteiger partial charge is 0.249 e. The minimum atomic E-state index is -0.511. The molecule has 7 heteroatoms. The molecule has 3 aromatic rings. The van der Waals surface area contributed by atoms with E-state index in [1.165, 1.54) is 36.4 Å². The van der Waals surface area contributed by atoms with Gasteiger partial charge in [0.2, 0.25) is 17.6 Å². The van der Waals surface area contributed by atoms with Crippen molar-refractivity contribution < 1.29 is 18.1 Å². The van der Waals surface area contributed by atoms with E-state index in [1.54, 1.807) is 19.1 Å². The van der Waals surface area contributed by atoms with Crippen LogP contribution in [0.1, 0.15) is 24.4 Å². The van der Waals surface area contributed by atoms with Gasteiger partial charge >= 0.3 is 0 Å². The van der Waals surface area contributed by atoms with Gasteiger partial charge in [-0.2, -0.15) is 4.98 Å². The first-order chi connectivity index (χ1) is 12.0. The molecule has 3 rings (SSSR count). The lowest BCUT2D eigenvalue weighted by atomic mass is 10.1. The molecular weight excluding hydrogens is 328 g/mol. The third kappa shape index (κ3) is 4.26. The lowest BCUT2D eigenvalue weighted by Gasteiger charge is -2.09. The summed E-state index contributed by atoms with van der Waals surface area (Å²) < 4.78 is 31.2. The Morgan fingerprint density at radius 1 is 1.16 bits per heavy atom. The Hall–Kier alpha value is -3.09. The van der Waals surface area contributed by atoms with Gasteiger partial charge in [-0.05, 0) is 48.9 Å². The van der Waals surface area contributed by atoms with E-state index in [-0.39, 0.29) is 29.9 Å². The standard InChI is InChI=1S/C18H15F2N3O2/c1-11(21-16(24)10-12-3-2-4-15(20)9-12)18-22-17(23-25-18)13-5-7-14(19)8-6-13/h2-9,11H,10H2,1H3,(H,21,24). The molecule has 0 aliphatic heterocycles. The van der Waals surface area contributed by atoms with Crippen LogP contribution in [0.4, 0.5) is 8.78 Å². The number of halogens is 2. The maximum atomic E-state index is 13.1. The normalized spacial score (nSPS) is 12.0. The molecule has 0 radical (unpaired) electrons. The van der Waals surface area contributed by atoms with E-state index in [4.69, 9.17) is 4.52 Å². The van der Waals surface area contributed by atoms with Gasteiger partial charge in [-0.3, -0.25) is 4.79 Å². The maximum absolute atomic E-state index is 13.1. The molecule has 1 aromatic heterocycles. The second-order valence-corrected chi connectivity index (χ2v) is 5.56. The minimum absolute atomic E-state index is 0.0427. The summed E-state index contributed by atoms with van der Waals surface area (Å²) in [7, 11) is 0. The van der Waals surface area contributed by atoms with Gasteiger partial charge < -0.3 is 9.84 Å². The largest absolute Gasteiger partial charge is 0.344 e. The van der Waals surface area contributed by atoms with E-state index in [0.717, 1.165) is 0 Å². The lowest BCUT2D eigenvalue weighted by Crippen LogP contribution is -2.28. The van der Waals surface area contributed by atoms with Crippen molar-refractivity contribution >= 4 is 5.91 Å². The van der Waals surface area contributed by atoms with E-state index < -0.39 is 6.04 Å². The highest BCUT2D eigenvalue weighted by molar-refractivity contribution is 5.78. The van der Waals surface area contributed by atoms with Crippen LogP contribution in [0, 0.1) is 11.6 Å². The highest BCUT2D eigenvalue weighted by atomic mass is 19.1. The van der Waals surface area contributed by atoms with Crippen molar-refractivity contribution in [2.24, 2.45) is 0 Å². The highest BCUT2D eigenvalue weighted by Crippen LogP contribution is 2.19. The van der Waals surface area contributed by atoms with Crippen LogP contribution >= 0.6 is 0 Å². The maximum Gasteiger partial charge on any atom is 0.249 e. The first kappa shape index (κ1) is 16.8. The molecule has 1 unspecified atom stereocenters. The predicted octanol–water partition coefficient (Wildman–Crippen LogP) is 3.43. The fourth-order valence-corrected chi connectivity index (χ4v) is 2.31. The number of nitrogens with one attached hydrogen (secondary N) is 1. The van der Waals surface area contributed by atoms with Crippen molar-refractivity contribution in [3.05, 3.63) is 71.6 Å². The molecule has 0 bridgehead atoms. The van der Waals surface area contributed by atoms with Crippen molar-refractivity contribution in [2.75, 3.05) is 0 Å². The molecule has 0 fully saturated rings. The fourth-order valence-electron chi connectivity index (χ4n) is 2.31. The number of rotatable bonds is 5. The van der Waals surface area contributed by atoms with Gasteiger partial charge in [-0.25, -0.2) is 8.78 Å². The summed E-state index contributed by atoms with van der Waals surface area (Å²) in [5.41, 5.74) is 1.18. The van der Waals surface area contributed by atoms with E-state index in [0.29, 0.717) is 17.0 Å². The number of hydrogen-bond acceptors (Lipinski definition) is 4. The lowest BCUT2D eigenvalue weighted by molar-refractivity contribution is -0.121. The summed E-state index contributed by atoms with van der Waals surface area (Å²) in [6.07, 6.45) is 0.0427. The van der Waals surface area contributed by atoms with Crippen LogP contribution in [0.3, 0.4) is 0 Å². The number of amides is 1. The molecule has 1 amide bonds. The van der Waals surface area contributed by atoms with Gasteiger partial charge in [0.25, 0.3) is 0 Å². The van der Waals surface area contributed by atoms with Gasteiger partial charge in [0.1, 0.15) is 17.7 Å². The van der Waals surface area contributed by atoms with E-state index in [2.05, 4.69) is 15.5 Å². The molecular formula is C18H15F2N3O2. The van der Waals surface area contributed by atoms with Gasteiger partial charge in [0, 0.05) is 5.56 Å². The SMILES string of the molecule is CC(NC(=O)Cc1cccc(F)c1)c1nc(-c2ccc(F)cc2)no1. The first-order valence-corrected chi connectivity index (χ1v) is 7.64. The number of carbonyl (C=O) groups excluding carboxylic acids is 1. The summed E-state index contributed by atoms with van der Waals surface area (Å²) in [5.74, 6) is -0.502. The van der Waals surface area contributed by atoms with Crippen LogP contribution in [0.15, 0.2) is 53.1 Å². The minimum Gasteiger partial charge on any atom is -0.344 e. The number of carbonyl (C=O) groups is 1. The molecule has 2 aromatic carbocycles. The van der Waals surface area contributed by atoms with Gasteiger partial charge in [0.15, 0.2) is 0 Å². The third-order valence-electron chi connectivity index (χ3n) is 3.55. The van der Waals surface area contributed by atoms with Crippen molar-refractivity contribution in [3.8, 4) is 11.4 Å². The van der Waals surface area contributed by atoms with Crippen LogP contribution in [0.25, 0.3) is 11.4 Å². The Kier molecular flexibility index (Phi) is 4.83. The summed E-state index contributed by atoms with van der Waals surface area (Å²) >= 11 is 0. The van der Waals surface area contributed by atoms with Crippen molar-refractivity contribution in [1.29, 1.82) is 0 Å². The Bertz CT molecular complexity index is 878. The highest BCUT2D eigenvalue weighted by Gasteiger charge is 2.17. The van der Waals surface area contributed by atoms with Crippen LogP contribution < -0.4 is 5.32 Å². The van der Waals surface area contributed by atoms with Crippen molar-refractivity contribution in [1.82, 2.24) is 15.5 Å². The number of hydrogen-bond donors (Lipinski definition) is 1. The zero-order valence-electron chi connectivity index (χ0n) is 13.4. The molecule has 1 heterocycles. The molecule has 25 heavy (non-hydrogen) atoms. The second-order valence-electron chi connectivity index (χ2n) is 5.56. The van der Waals surface area contributed by atoms with E-state index >= 15 is 0 Å². The first-order valence-electron chi connectivity index (χ1n) is 7.64. The second kappa shape index (κ2) is 7.21. The van der Waals surface area contributed by atoms with Crippen molar-refractivity contribution in [2.45, 2.75) is 19.4 Å². The van der Waals surface area contributed by atoms with Gasteiger partial charge in [-0.15, -0.1) is 0 Å². The summed E-state index contributed by atoms with van der Waals surface area (Å²) in [6.45, 7) is 1.70. The third-order valence-corrected chi connectivity index (χ3v) is 3.55. The molecule has 0 aliphatic carbocycles. The number of nitrogens with zero attached hydrogens (tertiary/aromatic N) is 2. The van der Waals surface area contributed by atoms with E-state index in [1.807, 2.05) is 0 Å². The Morgan fingerprint density at radius 2 is 1.92 bits per heavy atom. The summed E-state index contributed by atoms with van der Waals surface area (Å²) in [6, 6.07) is 11.0. The number of aromatic nitrogens is 2. The van der Waals surface area contributed by atoms with Crippen LogP contribution in [0.2, 0.25) is 0 Å². The van der Waals surface area contributed by atoms with Crippen LogP contribution in [-0.2, 0) is 11.2 Å². The summed E-state index contributed by atoms with van der Waals surface area (Å²) in [5, 5.41) is 6.55.